The van der Waals surface area contributed by atoms with Gasteiger partial charge < -0.3 is 10.4 Å². The predicted octanol–water partition coefficient (Wildman–Crippen LogP) is 1.38. The van der Waals surface area contributed by atoms with Gasteiger partial charge in [0.1, 0.15) is 0 Å². The van der Waals surface area contributed by atoms with Crippen molar-refractivity contribution in [2.45, 2.75) is 64.6 Å². The lowest BCUT2D eigenvalue weighted by Gasteiger charge is -2.42. The highest BCUT2D eigenvalue weighted by Crippen LogP contribution is 2.37. The monoisotopic (exact) mass is 268 g/mol. The van der Waals surface area contributed by atoms with Gasteiger partial charge in [0.2, 0.25) is 5.91 Å². The number of carbonyl (C=O) groups is 1. The summed E-state index contributed by atoms with van der Waals surface area (Å²) in [4.78, 5) is 13.8. The molecule has 4 atom stereocenters. The smallest absolute Gasteiger partial charge is 0.217 e. The van der Waals surface area contributed by atoms with E-state index in [1.807, 2.05) is 6.92 Å². The van der Waals surface area contributed by atoms with Crippen molar-refractivity contribution in [1.29, 1.82) is 0 Å². The summed E-state index contributed by atoms with van der Waals surface area (Å²) in [5, 5.41) is 13.2. The molecule has 1 saturated carbocycles. The Balaban J connectivity index is 1.99. The zero-order valence-electron chi connectivity index (χ0n) is 12.4. The van der Waals surface area contributed by atoms with E-state index in [-0.39, 0.29) is 24.0 Å². The molecule has 4 heteroatoms. The van der Waals surface area contributed by atoms with Gasteiger partial charge in [0.05, 0.1) is 6.10 Å². The first-order valence-corrected chi connectivity index (χ1v) is 7.70. The lowest BCUT2D eigenvalue weighted by atomic mass is 9.87. The standard InChI is InChI=1S/C15H28N2O2/c1-4-15(19)13-7-14(16-11(3)18)9-17(8-13)10(2)12-5-6-12/h10,12-15,19H,4-9H2,1-3H3,(H,16,18). The Morgan fingerprint density at radius 1 is 1.37 bits per heavy atom. The first kappa shape index (κ1) is 14.8. The zero-order chi connectivity index (χ0) is 14.0. The molecule has 0 aromatic rings. The fourth-order valence-electron chi connectivity index (χ4n) is 3.39. The topological polar surface area (TPSA) is 52.6 Å². The van der Waals surface area contributed by atoms with Gasteiger partial charge in [0.15, 0.2) is 0 Å². The van der Waals surface area contributed by atoms with E-state index in [0.717, 1.165) is 31.8 Å². The minimum Gasteiger partial charge on any atom is -0.393 e. The number of amides is 1. The Morgan fingerprint density at radius 3 is 2.58 bits per heavy atom. The van der Waals surface area contributed by atoms with Gasteiger partial charge in [-0.05, 0) is 44.4 Å². The summed E-state index contributed by atoms with van der Waals surface area (Å²) in [5.41, 5.74) is 0. The van der Waals surface area contributed by atoms with Crippen LogP contribution in [0.1, 0.15) is 46.5 Å². The van der Waals surface area contributed by atoms with Crippen LogP contribution >= 0.6 is 0 Å². The van der Waals surface area contributed by atoms with Crippen LogP contribution in [0.4, 0.5) is 0 Å². The van der Waals surface area contributed by atoms with Gasteiger partial charge in [-0.25, -0.2) is 0 Å². The van der Waals surface area contributed by atoms with Gasteiger partial charge in [-0.15, -0.1) is 0 Å². The molecule has 0 aromatic carbocycles. The molecule has 2 fully saturated rings. The molecule has 2 rings (SSSR count). The molecule has 0 aromatic heterocycles. The van der Waals surface area contributed by atoms with Gasteiger partial charge >= 0.3 is 0 Å². The van der Waals surface area contributed by atoms with E-state index in [4.69, 9.17) is 0 Å². The molecule has 1 saturated heterocycles. The van der Waals surface area contributed by atoms with Crippen molar-refractivity contribution in [3.8, 4) is 0 Å². The van der Waals surface area contributed by atoms with Crippen molar-refractivity contribution < 1.29 is 9.90 Å². The van der Waals surface area contributed by atoms with Gasteiger partial charge in [0, 0.05) is 32.1 Å². The second-order valence-electron chi connectivity index (χ2n) is 6.40. The number of nitrogens with one attached hydrogen (secondary N) is 1. The van der Waals surface area contributed by atoms with Crippen LogP contribution in [0, 0.1) is 11.8 Å². The predicted molar refractivity (Wildman–Crippen MR) is 75.8 cm³/mol. The Labute approximate surface area is 116 Å². The van der Waals surface area contributed by atoms with Crippen LogP contribution in [0.2, 0.25) is 0 Å². The third kappa shape index (κ3) is 3.93. The average Bonchev–Trinajstić information content (AvgIpc) is 3.20. The maximum Gasteiger partial charge on any atom is 0.217 e. The van der Waals surface area contributed by atoms with Gasteiger partial charge in [-0.1, -0.05) is 6.92 Å². The molecular formula is C15H28N2O2. The normalized spacial score (nSPS) is 31.8. The molecule has 0 radical (unpaired) electrons. The molecule has 4 unspecified atom stereocenters. The fraction of sp³-hybridized carbons (Fsp3) is 0.933. The van der Waals surface area contributed by atoms with E-state index in [1.54, 1.807) is 6.92 Å². The minimum absolute atomic E-state index is 0.0377. The first-order chi connectivity index (χ1) is 9.01. The van der Waals surface area contributed by atoms with E-state index in [2.05, 4.69) is 17.1 Å². The summed E-state index contributed by atoms with van der Waals surface area (Å²) in [7, 11) is 0. The number of rotatable bonds is 5. The molecular weight excluding hydrogens is 240 g/mol. The highest BCUT2D eigenvalue weighted by Gasteiger charge is 2.38. The SMILES string of the molecule is CCC(O)C1CC(NC(C)=O)CN(C(C)C2CC2)C1. The fourth-order valence-corrected chi connectivity index (χ4v) is 3.39. The van der Waals surface area contributed by atoms with Crippen molar-refractivity contribution in [3.05, 3.63) is 0 Å². The quantitative estimate of drug-likeness (QED) is 0.792. The summed E-state index contributed by atoms with van der Waals surface area (Å²) < 4.78 is 0. The van der Waals surface area contributed by atoms with Gasteiger partial charge in [-0.3, -0.25) is 9.69 Å². The number of carbonyl (C=O) groups excluding carboxylic acids is 1. The lowest BCUT2D eigenvalue weighted by Crippen LogP contribution is -2.55. The van der Waals surface area contributed by atoms with E-state index in [0.29, 0.717) is 6.04 Å². The molecule has 19 heavy (non-hydrogen) atoms. The number of piperidine rings is 1. The maximum absolute atomic E-state index is 11.3. The van der Waals surface area contributed by atoms with Crippen molar-refractivity contribution >= 4 is 5.91 Å². The number of hydrogen-bond donors (Lipinski definition) is 2. The third-order valence-electron chi connectivity index (χ3n) is 4.76. The zero-order valence-corrected chi connectivity index (χ0v) is 12.4. The molecule has 1 aliphatic heterocycles. The summed E-state index contributed by atoms with van der Waals surface area (Å²) in [5.74, 6) is 1.16. The van der Waals surface area contributed by atoms with Crippen molar-refractivity contribution in [2.75, 3.05) is 13.1 Å². The second kappa shape index (κ2) is 6.23. The Morgan fingerprint density at radius 2 is 2.05 bits per heavy atom. The van der Waals surface area contributed by atoms with Crippen LogP contribution in [0.15, 0.2) is 0 Å². The number of hydrogen-bond acceptors (Lipinski definition) is 3. The minimum atomic E-state index is -0.245. The average molecular weight is 268 g/mol. The van der Waals surface area contributed by atoms with Crippen LogP contribution in [0.25, 0.3) is 0 Å². The number of aliphatic hydroxyl groups is 1. The molecule has 2 aliphatic rings. The van der Waals surface area contributed by atoms with Crippen LogP contribution in [0.5, 0.6) is 0 Å². The molecule has 1 heterocycles. The van der Waals surface area contributed by atoms with Crippen LogP contribution in [0.3, 0.4) is 0 Å². The third-order valence-corrected chi connectivity index (χ3v) is 4.76. The highest BCUT2D eigenvalue weighted by molar-refractivity contribution is 5.73. The molecule has 0 spiro atoms. The highest BCUT2D eigenvalue weighted by atomic mass is 16.3. The van der Waals surface area contributed by atoms with E-state index in [9.17, 15) is 9.90 Å². The van der Waals surface area contributed by atoms with Gasteiger partial charge in [0.25, 0.3) is 0 Å². The first-order valence-electron chi connectivity index (χ1n) is 7.70. The number of aliphatic hydroxyl groups excluding tert-OH is 1. The molecule has 110 valence electrons. The van der Waals surface area contributed by atoms with Gasteiger partial charge in [-0.2, -0.15) is 0 Å². The van der Waals surface area contributed by atoms with Crippen LogP contribution in [-0.2, 0) is 4.79 Å². The van der Waals surface area contributed by atoms with E-state index >= 15 is 0 Å². The second-order valence-corrected chi connectivity index (χ2v) is 6.40. The molecule has 4 nitrogen and oxygen atoms in total. The van der Waals surface area contributed by atoms with Crippen molar-refractivity contribution in [3.63, 3.8) is 0 Å². The van der Waals surface area contributed by atoms with E-state index < -0.39 is 0 Å². The Bertz CT molecular complexity index is 317. The molecule has 1 amide bonds. The summed E-state index contributed by atoms with van der Waals surface area (Å²) in [6.45, 7) is 7.81. The Hall–Kier alpha value is -0.610. The molecule has 2 N–H and O–H groups in total. The van der Waals surface area contributed by atoms with Crippen LogP contribution in [-0.4, -0.2) is 47.2 Å². The maximum atomic E-state index is 11.3. The van der Waals surface area contributed by atoms with E-state index in [1.165, 1.54) is 12.8 Å². The van der Waals surface area contributed by atoms with Crippen molar-refractivity contribution in [2.24, 2.45) is 11.8 Å². The largest absolute Gasteiger partial charge is 0.393 e. The number of nitrogens with zero attached hydrogens (tertiary/aromatic N) is 1. The number of likely N-dealkylation sites (tertiary alicyclic amines) is 1. The molecule has 0 bridgehead atoms. The summed E-state index contributed by atoms with van der Waals surface area (Å²) in [6, 6.07) is 0.779. The summed E-state index contributed by atoms with van der Waals surface area (Å²) >= 11 is 0. The Kier molecular flexibility index (Phi) is 4.85. The van der Waals surface area contributed by atoms with Crippen LogP contribution < -0.4 is 5.32 Å². The van der Waals surface area contributed by atoms with Crippen molar-refractivity contribution in [1.82, 2.24) is 10.2 Å². The lowest BCUT2D eigenvalue weighted by molar-refractivity contribution is -0.120. The summed E-state index contributed by atoms with van der Waals surface area (Å²) in [6.07, 6.45) is 4.13. The molecule has 1 aliphatic carbocycles.